The molecule has 4 aromatic rings. The van der Waals surface area contributed by atoms with E-state index in [0.717, 1.165) is 34.2 Å². The van der Waals surface area contributed by atoms with Gasteiger partial charge in [0.1, 0.15) is 11.3 Å². The molecule has 2 aromatic carbocycles. The summed E-state index contributed by atoms with van der Waals surface area (Å²) in [6, 6.07) is 15.9. The first kappa shape index (κ1) is 18.0. The second kappa shape index (κ2) is 7.35. The maximum Gasteiger partial charge on any atom is 0.287 e. The second-order valence-electron chi connectivity index (χ2n) is 6.97. The average molecular weight is 374 g/mol. The summed E-state index contributed by atoms with van der Waals surface area (Å²) in [7, 11) is 0. The molecule has 28 heavy (non-hydrogen) atoms. The van der Waals surface area contributed by atoms with Crippen molar-refractivity contribution in [3.63, 3.8) is 0 Å². The molecule has 0 radical (unpaired) electrons. The molecule has 0 aliphatic carbocycles. The van der Waals surface area contributed by atoms with E-state index >= 15 is 0 Å². The maximum atomic E-state index is 12.6. The fourth-order valence-electron chi connectivity index (χ4n) is 3.21. The summed E-state index contributed by atoms with van der Waals surface area (Å²) in [6.07, 6.45) is 0.941. The SMILES string of the molecule is CCc1ccc2oc(C(=O)NCc3cc(-c4ccc(C)cc4)no3)c(C)c2c1. The number of nitrogens with one attached hydrogen (secondary N) is 1. The Morgan fingerprint density at radius 2 is 1.86 bits per heavy atom. The lowest BCUT2D eigenvalue weighted by Gasteiger charge is -2.00. The van der Waals surface area contributed by atoms with Gasteiger partial charge in [0.05, 0.1) is 6.54 Å². The second-order valence-corrected chi connectivity index (χ2v) is 6.97. The highest BCUT2D eigenvalue weighted by molar-refractivity contribution is 5.99. The fraction of sp³-hybridized carbons (Fsp3) is 0.217. The number of carbonyl (C=O) groups excluding carboxylic acids is 1. The van der Waals surface area contributed by atoms with Gasteiger partial charge < -0.3 is 14.3 Å². The minimum absolute atomic E-state index is 0.244. The minimum Gasteiger partial charge on any atom is -0.451 e. The molecule has 5 heteroatoms. The van der Waals surface area contributed by atoms with Crippen molar-refractivity contribution in [1.82, 2.24) is 10.5 Å². The van der Waals surface area contributed by atoms with Crippen LogP contribution in [-0.2, 0) is 13.0 Å². The van der Waals surface area contributed by atoms with Gasteiger partial charge in [0, 0.05) is 22.6 Å². The minimum atomic E-state index is -0.264. The van der Waals surface area contributed by atoms with Crippen molar-refractivity contribution in [2.75, 3.05) is 0 Å². The van der Waals surface area contributed by atoms with Crippen LogP contribution in [0.2, 0.25) is 0 Å². The Labute approximate surface area is 163 Å². The molecule has 1 N–H and O–H groups in total. The molecule has 0 aliphatic rings. The van der Waals surface area contributed by atoms with Crippen LogP contribution in [0.1, 0.15) is 39.9 Å². The molecule has 142 valence electrons. The first-order valence-electron chi connectivity index (χ1n) is 9.38. The Balaban J connectivity index is 1.48. The monoisotopic (exact) mass is 374 g/mol. The van der Waals surface area contributed by atoms with Crippen LogP contribution in [0, 0.1) is 13.8 Å². The van der Waals surface area contributed by atoms with Crippen LogP contribution in [-0.4, -0.2) is 11.1 Å². The largest absolute Gasteiger partial charge is 0.451 e. The van der Waals surface area contributed by atoms with Crippen molar-refractivity contribution < 1.29 is 13.7 Å². The molecule has 2 heterocycles. The lowest BCUT2D eigenvalue weighted by atomic mass is 10.1. The lowest BCUT2D eigenvalue weighted by Crippen LogP contribution is -2.22. The van der Waals surface area contributed by atoms with Gasteiger partial charge in [-0.05, 0) is 38.0 Å². The average Bonchev–Trinajstić information content (AvgIpc) is 3.31. The molecule has 0 fully saturated rings. The third-order valence-electron chi connectivity index (χ3n) is 4.94. The molecule has 0 aliphatic heterocycles. The summed E-state index contributed by atoms with van der Waals surface area (Å²) in [4.78, 5) is 12.6. The summed E-state index contributed by atoms with van der Waals surface area (Å²) in [5, 5.41) is 7.92. The maximum absolute atomic E-state index is 12.6. The van der Waals surface area contributed by atoms with E-state index < -0.39 is 0 Å². The number of furan rings is 1. The van der Waals surface area contributed by atoms with E-state index in [0.29, 0.717) is 11.5 Å². The Kier molecular flexibility index (Phi) is 4.74. The van der Waals surface area contributed by atoms with Crippen molar-refractivity contribution >= 4 is 16.9 Å². The molecular weight excluding hydrogens is 352 g/mol. The number of benzene rings is 2. The standard InChI is InChI=1S/C23H22N2O3/c1-4-16-7-10-21-19(11-16)15(3)22(27-21)23(26)24-13-18-12-20(25-28-18)17-8-5-14(2)6-9-17/h5-12H,4,13H2,1-3H3,(H,24,26). The quantitative estimate of drug-likeness (QED) is 0.521. The molecule has 0 bridgehead atoms. The zero-order chi connectivity index (χ0) is 19.7. The van der Waals surface area contributed by atoms with Gasteiger partial charge in [0.15, 0.2) is 11.5 Å². The predicted octanol–water partition coefficient (Wildman–Crippen LogP) is 5.20. The highest BCUT2D eigenvalue weighted by Gasteiger charge is 2.18. The van der Waals surface area contributed by atoms with Gasteiger partial charge in [-0.3, -0.25) is 4.79 Å². The summed E-state index contributed by atoms with van der Waals surface area (Å²) in [6.45, 7) is 6.29. The molecule has 2 aromatic heterocycles. The fourth-order valence-corrected chi connectivity index (χ4v) is 3.21. The molecule has 0 unspecified atom stereocenters. The number of fused-ring (bicyclic) bond motifs is 1. The molecule has 1 amide bonds. The van der Waals surface area contributed by atoms with Gasteiger partial charge >= 0.3 is 0 Å². The number of aromatic nitrogens is 1. The summed E-state index contributed by atoms with van der Waals surface area (Å²) < 4.78 is 11.1. The van der Waals surface area contributed by atoms with Gasteiger partial charge in [0.25, 0.3) is 5.91 Å². The normalized spacial score (nSPS) is 11.1. The summed E-state index contributed by atoms with van der Waals surface area (Å²) >= 11 is 0. The van der Waals surface area contributed by atoms with Crippen LogP contribution >= 0.6 is 0 Å². The first-order chi connectivity index (χ1) is 13.5. The first-order valence-corrected chi connectivity index (χ1v) is 9.38. The Hall–Kier alpha value is -3.34. The third-order valence-corrected chi connectivity index (χ3v) is 4.94. The van der Waals surface area contributed by atoms with Crippen molar-refractivity contribution in [1.29, 1.82) is 0 Å². The van der Waals surface area contributed by atoms with Crippen molar-refractivity contribution in [3.8, 4) is 11.3 Å². The number of amides is 1. The Morgan fingerprint density at radius 1 is 1.07 bits per heavy atom. The Bertz CT molecular complexity index is 1140. The number of nitrogens with zero attached hydrogens (tertiary/aromatic N) is 1. The van der Waals surface area contributed by atoms with E-state index in [1.54, 1.807) is 0 Å². The van der Waals surface area contributed by atoms with E-state index in [1.807, 2.05) is 56.3 Å². The van der Waals surface area contributed by atoms with Gasteiger partial charge in [-0.15, -0.1) is 0 Å². The number of hydrogen-bond acceptors (Lipinski definition) is 4. The van der Waals surface area contributed by atoms with E-state index in [1.165, 1.54) is 11.1 Å². The smallest absolute Gasteiger partial charge is 0.287 e. The van der Waals surface area contributed by atoms with E-state index in [9.17, 15) is 4.79 Å². The molecule has 0 saturated carbocycles. The number of aryl methyl sites for hydroxylation is 3. The zero-order valence-electron chi connectivity index (χ0n) is 16.2. The molecule has 0 atom stereocenters. The van der Waals surface area contributed by atoms with Crippen LogP contribution in [0.25, 0.3) is 22.2 Å². The van der Waals surface area contributed by atoms with Crippen LogP contribution < -0.4 is 5.32 Å². The molecule has 5 nitrogen and oxygen atoms in total. The van der Waals surface area contributed by atoms with E-state index in [4.69, 9.17) is 8.94 Å². The van der Waals surface area contributed by atoms with Gasteiger partial charge in [0.2, 0.25) is 0 Å². The van der Waals surface area contributed by atoms with Crippen LogP contribution in [0.15, 0.2) is 57.5 Å². The molecule has 0 saturated heterocycles. The van der Waals surface area contributed by atoms with Crippen molar-refractivity contribution in [3.05, 3.63) is 76.7 Å². The Morgan fingerprint density at radius 3 is 2.61 bits per heavy atom. The summed E-state index contributed by atoms with van der Waals surface area (Å²) in [5.41, 5.74) is 5.70. The van der Waals surface area contributed by atoms with E-state index in [-0.39, 0.29) is 12.5 Å². The van der Waals surface area contributed by atoms with Crippen LogP contribution in [0.5, 0.6) is 0 Å². The molecule has 0 spiro atoms. The van der Waals surface area contributed by atoms with Gasteiger partial charge in [-0.25, -0.2) is 0 Å². The lowest BCUT2D eigenvalue weighted by molar-refractivity contribution is 0.0920. The number of hydrogen-bond donors (Lipinski definition) is 1. The summed E-state index contributed by atoms with van der Waals surface area (Å²) in [5.74, 6) is 0.660. The molecule has 4 rings (SSSR count). The van der Waals surface area contributed by atoms with Crippen molar-refractivity contribution in [2.24, 2.45) is 0 Å². The number of carbonyl (C=O) groups is 1. The third kappa shape index (κ3) is 3.43. The van der Waals surface area contributed by atoms with E-state index in [2.05, 4.69) is 23.5 Å². The zero-order valence-corrected chi connectivity index (χ0v) is 16.2. The molecular formula is C23H22N2O3. The topological polar surface area (TPSA) is 68.3 Å². The van der Waals surface area contributed by atoms with Crippen molar-refractivity contribution in [2.45, 2.75) is 33.7 Å². The highest BCUT2D eigenvalue weighted by atomic mass is 16.5. The van der Waals surface area contributed by atoms with Gasteiger partial charge in [-0.2, -0.15) is 0 Å². The predicted molar refractivity (Wildman–Crippen MR) is 108 cm³/mol. The van der Waals surface area contributed by atoms with Crippen LogP contribution in [0.4, 0.5) is 0 Å². The van der Waals surface area contributed by atoms with Gasteiger partial charge in [-0.1, -0.05) is 48.0 Å². The van der Waals surface area contributed by atoms with Crippen LogP contribution in [0.3, 0.4) is 0 Å². The number of rotatable bonds is 5. The highest BCUT2D eigenvalue weighted by Crippen LogP contribution is 2.26.